The molecule has 0 amide bonds. The van der Waals surface area contributed by atoms with Crippen molar-refractivity contribution < 1.29 is 9.47 Å². The van der Waals surface area contributed by atoms with Gasteiger partial charge < -0.3 is 9.47 Å². The van der Waals surface area contributed by atoms with E-state index in [1.165, 1.54) is 10.8 Å². The minimum Gasteiger partial charge on any atom is -0.491 e. The molecule has 2 nitrogen and oxygen atoms in total. The molecule has 0 saturated carbocycles. The van der Waals surface area contributed by atoms with Crippen molar-refractivity contribution in [1.29, 1.82) is 0 Å². The van der Waals surface area contributed by atoms with Crippen LogP contribution in [0.1, 0.15) is 13.3 Å². The Hall–Kier alpha value is -1.54. The maximum Gasteiger partial charge on any atom is 0.120 e. The summed E-state index contributed by atoms with van der Waals surface area (Å²) >= 11 is 0. The van der Waals surface area contributed by atoms with Gasteiger partial charge in [0.2, 0.25) is 0 Å². The normalized spacial score (nSPS) is 12.6. The van der Waals surface area contributed by atoms with E-state index in [9.17, 15) is 0 Å². The predicted molar refractivity (Wildman–Crippen MR) is 70.5 cm³/mol. The van der Waals surface area contributed by atoms with Crippen LogP contribution in [0, 0.1) is 0 Å². The van der Waals surface area contributed by atoms with Crippen LogP contribution in [0.4, 0.5) is 0 Å². The molecule has 0 heterocycles. The highest BCUT2D eigenvalue weighted by Gasteiger charge is 2.05. The van der Waals surface area contributed by atoms with Gasteiger partial charge in [0.05, 0.1) is 6.10 Å². The summed E-state index contributed by atoms with van der Waals surface area (Å²) in [7, 11) is 1.72. The average molecular weight is 230 g/mol. The standard InChI is InChI=1S/C15H18O2/c1-3-14(16-2)11-17-15-9-8-12-6-4-5-7-13(12)10-15/h4-10,14H,3,11H2,1-2H3. The van der Waals surface area contributed by atoms with Gasteiger partial charge in [-0.2, -0.15) is 0 Å². The third-order valence-corrected chi connectivity index (χ3v) is 2.95. The Kier molecular flexibility index (Phi) is 3.99. The van der Waals surface area contributed by atoms with E-state index in [4.69, 9.17) is 9.47 Å². The summed E-state index contributed by atoms with van der Waals surface area (Å²) in [5, 5.41) is 2.44. The maximum absolute atomic E-state index is 5.73. The largest absolute Gasteiger partial charge is 0.491 e. The molecule has 0 aromatic heterocycles. The monoisotopic (exact) mass is 230 g/mol. The molecule has 0 saturated heterocycles. The molecule has 1 atom stereocenters. The number of ether oxygens (including phenoxy) is 2. The Morgan fingerprint density at radius 2 is 1.82 bits per heavy atom. The molecule has 0 radical (unpaired) electrons. The van der Waals surface area contributed by atoms with Crippen molar-refractivity contribution in [3.63, 3.8) is 0 Å². The summed E-state index contributed by atoms with van der Waals surface area (Å²) in [6.45, 7) is 2.70. The van der Waals surface area contributed by atoms with Crippen LogP contribution in [-0.4, -0.2) is 19.8 Å². The van der Waals surface area contributed by atoms with Gasteiger partial charge in [-0.05, 0) is 29.3 Å². The summed E-state index contributed by atoms with van der Waals surface area (Å²) in [5.74, 6) is 0.902. The third kappa shape index (κ3) is 2.98. The molecule has 2 aromatic carbocycles. The fourth-order valence-electron chi connectivity index (χ4n) is 1.80. The number of methoxy groups -OCH3 is 1. The van der Waals surface area contributed by atoms with Crippen molar-refractivity contribution in [1.82, 2.24) is 0 Å². The van der Waals surface area contributed by atoms with Gasteiger partial charge in [0.25, 0.3) is 0 Å². The lowest BCUT2D eigenvalue weighted by atomic mass is 10.1. The highest BCUT2D eigenvalue weighted by Crippen LogP contribution is 2.20. The molecule has 0 fully saturated rings. The van der Waals surface area contributed by atoms with Crippen LogP contribution in [0.3, 0.4) is 0 Å². The topological polar surface area (TPSA) is 18.5 Å². The summed E-state index contributed by atoms with van der Waals surface area (Å²) in [5.41, 5.74) is 0. The molecule has 0 aliphatic rings. The molecule has 1 unspecified atom stereocenters. The van der Waals surface area contributed by atoms with Gasteiger partial charge in [-0.15, -0.1) is 0 Å². The van der Waals surface area contributed by atoms with Crippen molar-refractivity contribution in [3.05, 3.63) is 42.5 Å². The molecule has 0 bridgehead atoms. The van der Waals surface area contributed by atoms with Crippen molar-refractivity contribution >= 4 is 10.8 Å². The molecule has 0 N–H and O–H groups in total. The van der Waals surface area contributed by atoms with Gasteiger partial charge in [0.1, 0.15) is 12.4 Å². The summed E-state index contributed by atoms with van der Waals surface area (Å²) in [6, 6.07) is 14.4. The SMILES string of the molecule is CCC(COc1ccc2ccccc2c1)OC. The Morgan fingerprint density at radius 1 is 1.06 bits per heavy atom. The molecule has 0 spiro atoms. The van der Waals surface area contributed by atoms with E-state index in [2.05, 4.69) is 31.2 Å². The molecule has 2 rings (SSSR count). The maximum atomic E-state index is 5.73. The van der Waals surface area contributed by atoms with Crippen LogP contribution in [0.25, 0.3) is 10.8 Å². The van der Waals surface area contributed by atoms with Crippen molar-refractivity contribution in [2.45, 2.75) is 19.4 Å². The van der Waals surface area contributed by atoms with Gasteiger partial charge in [0, 0.05) is 7.11 Å². The smallest absolute Gasteiger partial charge is 0.120 e. The predicted octanol–water partition coefficient (Wildman–Crippen LogP) is 3.64. The minimum absolute atomic E-state index is 0.168. The fraction of sp³-hybridized carbons (Fsp3) is 0.333. The molecule has 2 heteroatoms. The van der Waals surface area contributed by atoms with Crippen LogP contribution in [0.5, 0.6) is 5.75 Å². The molecule has 0 aliphatic heterocycles. The fourth-order valence-corrected chi connectivity index (χ4v) is 1.80. The summed E-state index contributed by atoms with van der Waals surface area (Å²) in [4.78, 5) is 0. The second-order valence-electron chi connectivity index (χ2n) is 4.09. The number of rotatable bonds is 5. The summed E-state index contributed by atoms with van der Waals surface area (Å²) in [6.07, 6.45) is 1.13. The Bertz CT molecular complexity index is 475. The zero-order chi connectivity index (χ0) is 12.1. The first-order valence-corrected chi connectivity index (χ1v) is 5.98. The Labute approximate surface area is 102 Å². The number of hydrogen-bond donors (Lipinski definition) is 0. The van der Waals surface area contributed by atoms with Crippen LogP contribution in [0.2, 0.25) is 0 Å². The Balaban J connectivity index is 2.09. The highest BCUT2D eigenvalue weighted by atomic mass is 16.5. The van der Waals surface area contributed by atoms with Gasteiger partial charge in [-0.1, -0.05) is 37.3 Å². The number of benzene rings is 2. The molecule has 17 heavy (non-hydrogen) atoms. The van der Waals surface area contributed by atoms with E-state index in [0.717, 1.165) is 12.2 Å². The average Bonchev–Trinajstić information content (AvgIpc) is 2.40. The quantitative estimate of drug-likeness (QED) is 0.780. The van der Waals surface area contributed by atoms with E-state index < -0.39 is 0 Å². The van der Waals surface area contributed by atoms with Gasteiger partial charge in [-0.3, -0.25) is 0 Å². The van der Waals surface area contributed by atoms with E-state index in [1.54, 1.807) is 7.11 Å². The molecule has 2 aromatic rings. The van der Waals surface area contributed by atoms with Crippen molar-refractivity contribution in [2.75, 3.05) is 13.7 Å². The lowest BCUT2D eigenvalue weighted by molar-refractivity contribution is 0.0556. The number of hydrogen-bond acceptors (Lipinski definition) is 2. The lowest BCUT2D eigenvalue weighted by Gasteiger charge is -2.14. The highest BCUT2D eigenvalue weighted by molar-refractivity contribution is 5.83. The molecule has 0 aliphatic carbocycles. The first-order valence-electron chi connectivity index (χ1n) is 5.98. The minimum atomic E-state index is 0.168. The second-order valence-corrected chi connectivity index (χ2v) is 4.09. The van der Waals surface area contributed by atoms with E-state index in [0.29, 0.717) is 6.61 Å². The van der Waals surface area contributed by atoms with Crippen molar-refractivity contribution in [2.24, 2.45) is 0 Å². The van der Waals surface area contributed by atoms with E-state index in [1.807, 2.05) is 18.2 Å². The van der Waals surface area contributed by atoms with E-state index >= 15 is 0 Å². The molecular formula is C15H18O2. The lowest BCUT2D eigenvalue weighted by Crippen LogP contribution is -2.18. The van der Waals surface area contributed by atoms with Crippen LogP contribution in [-0.2, 0) is 4.74 Å². The van der Waals surface area contributed by atoms with Crippen LogP contribution >= 0.6 is 0 Å². The van der Waals surface area contributed by atoms with Gasteiger partial charge in [-0.25, -0.2) is 0 Å². The van der Waals surface area contributed by atoms with E-state index in [-0.39, 0.29) is 6.10 Å². The van der Waals surface area contributed by atoms with Gasteiger partial charge >= 0.3 is 0 Å². The number of fused-ring (bicyclic) bond motifs is 1. The summed E-state index contributed by atoms with van der Waals surface area (Å²) < 4.78 is 11.0. The Morgan fingerprint density at radius 3 is 2.53 bits per heavy atom. The van der Waals surface area contributed by atoms with Crippen LogP contribution in [0.15, 0.2) is 42.5 Å². The first-order chi connectivity index (χ1) is 8.33. The van der Waals surface area contributed by atoms with Crippen molar-refractivity contribution in [3.8, 4) is 5.75 Å². The molecule has 90 valence electrons. The van der Waals surface area contributed by atoms with Crippen LogP contribution < -0.4 is 4.74 Å². The van der Waals surface area contributed by atoms with Gasteiger partial charge in [0.15, 0.2) is 0 Å². The second kappa shape index (κ2) is 5.69. The molecular weight excluding hydrogens is 212 g/mol. The zero-order valence-corrected chi connectivity index (χ0v) is 10.3. The third-order valence-electron chi connectivity index (χ3n) is 2.95. The zero-order valence-electron chi connectivity index (χ0n) is 10.3. The first kappa shape index (κ1) is 11.9.